The first kappa shape index (κ1) is 16.3. The molecule has 0 saturated heterocycles. The molecule has 2 heterocycles. The molecule has 5 nitrogen and oxygen atoms in total. The largest absolute Gasteiger partial charge is 0.356 e. The van der Waals surface area contributed by atoms with Crippen LogP contribution in [0.15, 0.2) is 59.9 Å². The van der Waals surface area contributed by atoms with Crippen molar-refractivity contribution >= 4 is 11.5 Å². The SMILES string of the molecule is CN=C(NCCCn1cccn1)N1CC=C(c2ccccc2)CC1. The van der Waals surface area contributed by atoms with E-state index < -0.39 is 0 Å². The Labute approximate surface area is 143 Å². The van der Waals surface area contributed by atoms with E-state index in [2.05, 4.69) is 56.7 Å². The van der Waals surface area contributed by atoms with E-state index in [9.17, 15) is 0 Å². The van der Waals surface area contributed by atoms with Gasteiger partial charge in [0.2, 0.25) is 0 Å². The van der Waals surface area contributed by atoms with Crippen LogP contribution in [0.2, 0.25) is 0 Å². The van der Waals surface area contributed by atoms with Crippen molar-refractivity contribution in [2.45, 2.75) is 19.4 Å². The number of hydrogen-bond donors (Lipinski definition) is 1. The number of nitrogens with one attached hydrogen (secondary N) is 1. The first-order valence-corrected chi connectivity index (χ1v) is 8.54. The maximum atomic E-state index is 4.42. The molecule has 1 aromatic heterocycles. The summed E-state index contributed by atoms with van der Waals surface area (Å²) in [5.41, 5.74) is 2.76. The van der Waals surface area contributed by atoms with Crippen LogP contribution in [0.4, 0.5) is 0 Å². The molecule has 1 aliphatic rings. The Morgan fingerprint density at radius 2 is 2.12 bits per heavy atom. The smallest absolute Gasteiger partial charge is 0.193 e. The van der Waals surface area contributed by atoms with Crippen molar-refractivity contribution in [3.63, 3.8) is 0 Å². The lowest BCUT2D eigenvalue weighted by Crippen LogP contribution is -2.43. The van der Waals surface area contributed by atoms with Crippen LogP contribution < -0.4 is 5.32 Å². The maximum Gasteiger partial charge on any atom is 0.193 e. The summed E-state index contributed by atoms with van der Waals surface area (Å²) in [6.07, 6.45) is 8.21. The lowest BCUT2D eigenvalue weighted by molar-refractivity contribution is 0.437. The fraction of sp³-hybridized carbons (Fsp3) is 0.368. The molecule has 126 valence electrons. The average Bonchev–Trinajstić information content (AvgIpc) is 3.16. The van der Waals surface area contributed by atoms with Gasteiger partial charge in [-0.3, -0.25) is 9.67 Å². The molecule has 3 rings (SSSR count). The van der Waals surface area contributed by atoms with E-state index in [1.54, 1.807) is 0 Å². The van der Waals surface area contributed by atoms with Crippen LogP contribution in [-0.4, -0.2) is 47.3 Å². The minimum absolute atomic E-state index is 0.901. The summed E-state index contributed by atoms with van der Waals surface area (Å²) in [6, 6.07) is 12.6. The van der Waals surface area contributed by atoms with Gasteiger partial charge >= 0.3 is 0 Å². The van der Waals surface area contributed by atoms with Crippen molar-refractivity contribution < 1.29 is 0 Å². The Morgan fingerprint density at radius 1 is 1.25 bits per heavy atom. The van der Waals surface area contributed by atoms with E-state index in [4.69, 9.17) is 0 Å². The van der Waals surface area contributed by atoms with Crippen molar-refractivity contribution in [3.05, 3.63) is 60.4 Å². The quantitative estimate of drug-likeness (QED) is 0.523. The van der Waals surface area contributed by atoms with Gasteiger partial charge in [0.1, 0.15) is 0 Å². The molecule has 0 spiro atoms. The number of aliphatic imine (C=N–C) groups is 1. The highest BCUT2D eigenvalue weighted by atomic mass is 15.3. The maximum absolute atomic E-state index is 4.42. The molecule has 0 unspecified atom stereocenters. The Bertz CT molecular complexity index is 673. The Morgan fingerprint density at radius 3 is 2.79 bits per heavy atom. The van der Waals surface area contributed by atoms with Crippen LogP contribution in [0.1, 0.15) is 18.4 Å². The second kappa shape index (κ2) is 8.34. The molecule has 1 aliphatic heterocycles. The number of nitrogens with zero attached hydrogens (tertiary/aromatic N) is 4. The summed E-state index contributed by atoms with van der Waals surface area (Å²) in [5.74, 6) is 0.985. The molecular formula is C19H25N5. The predicted molar refractivity (Wildman–Crippen MR) is 98.8 cm³/mol. The summed E-state index contributed by atoms with van der Waals surface area (Å²) >= 11 is 0. The van der Waals surface area contributed by atoms with Crippen LogP contribution >= 0.6 is 0 Å². The van der Waals surface area contributed by atoms with E-state index in [-0.39, 0.29) is 0 Å². The molecule has 0 bridgehead atoms. The molecule has 0 saturated carbocycles. The van der Waals surface area contributed by atoms with Gasteiger partial charge in [-0.1, -0.05) is 36.4 Å². The van der Waals surface area contributed by atoms with Crippen molar-refractivity contribution in [3.8, 4) is 0 Å². The number of aromatic nitrogens is 2. The van der Waals surface area contributed by atoms with E-state index >= 15 is 0 Å². The molecule has 0 amide bonds. The number of guanidine groups is 1. The summed E-state index contributed by atoms with van der Waals surface area (Å²) in [4.78, 5) is 6.73. The molecular weight excluding hydrogens is 298 g/mol. The van der Waals surface area contributed by atoms with Crippen molar-refractivity contribution in [1.82, 2.24) is 20.0 Å². The molecule has 2 aromatic rings. The van der Waals surface area contributed by atoms with Crippen LogP contribution in [-0.2, 0) is 6.54 Å². The molecule has 24 heavy (non-hydrogen) atoms. The zero-order valence-electron chi connectivity index (χ0n) is 14.2. The molecule has 0 fully saturated rings. The zero-order chi connectivity index (χ0) is 16.6. The number of benzene rings is 1. The second-order valence-electron chi connectivity index (χ2n) is 5.89. The van der Waals surface area contributed by atoms with Crippen LogP contribution in [0.3, 0.4) is 0 Å². The van der Waals surface area contributed by atoms with Gasteiger partial charge in [-0.2, -0.15) is 5.10 Å². The third kappa shape index (κ3) is 4.25. The predicted octanol–water partition coefficient (Wildman–Crippen LogP) is 2.64. The molecule has 0 atom stereocenters. The second-order valence-corrected chi connectivity index (χ2v) is 5.89. The zero-order valence-corrected chi connectivity index (χ0v) is 14.2. The number of rotatable bonds is 5. The number of aryl methyl sites for hydroxylation is 1. The average molecular weight is 323 g/mol. The van der Waals surface area contributed by atoms with Crippen molar-refractivity contribution in [2.24, 2.45) is 4.99 Å². The first-order chi connectivity index (χ1) is 11.9. The molecule has 1 N–H and O–H groups in total. The normalized spacial score (nSPS) is 15.3. The highest BCUT2D eigenvalue weighted by Gasteiger charge is 2.15. The third-order valence-electron chi connectivity index (χ3n) is 4.27. The fourth-order valence-electron chi connectivity index (χ4n) is 2.98. The minimum atomic E-state index is 0.901. The van der Waals surface area contributed by atoms with Crippen LogP contribution in [0.5, 0.6) is 0 Å². The van der Waals surface area contributed by atoms with E-state index in [1.165, 1.54) is 11.1 Å². The molecule has 0 aliphatic carbocycles. The molecule has 5 heteroatoms. The van der Waals surface area contributed by atoms with Gasteiger partial charge in [-0.25, -0.2) is 0 Å². The van der Waals surface area contributed by atoms with Gasteiger partial charge in [0.05, 0.1) is 0 Å². The highest BCUT2D eigenvalue weighted by Crippen LogP contribution is 2.21. The Kier molecular flexibility index (Phi) is 5.66. The summed E-state index contributed by atoms with van der Waals surface area (Å²) in [7, 11) is 1.85. The van der Waals surface area contributed by atoms with Gasteiger partial charge in [-0.15, -0.1) is 0 Å². The van der Waals surface area contributed by atoms with Gasteiger partial charge in [0.25, 0.3) is 0 Å². The topological polar surface area (TPSA) is 45.5 Å². The summed E-state index contributed by atoms with van der Waals surface area (Å²) in [6.45, 7) is 3.73. The molecule has 1 aromatic carbocycles. The lowest BCUT2D eigenvalue weighted by Gasteiger charge is -2.29. The highest BCUT2D eigenvalue weighted by molar-refractivity contribution is 5.81. The third-order valence-corrected chi connectivity index (χ3v) is 4.27. The molecule has 0 radical (unpaired) electrons. The van der Waals surface area contributed by atoms with Crippen LogP contribution in [0.25, 0.3) is 5.57 Å². The van der Waals surface area contributed by atoms with Crippen LogP contribution in [0, 0.1) is 0 Å². The Hall–Kier alpha value is -2.56. The van der Waals surface area contributed by atoms with E-state index in [0.29, 0.717) is 0 Å². The Balaban J connectivity index is 1.47. The van der Waals surface area contributed by atoms with Gasteiger partial charge in [0.15, 0.2) is 5.96 Å². The standard InChI is InChI=1S/C19H25N5/c1-20-19(21-11-5-13-24-14-6-12-22-24)23-15-9-18(10-16-23)17-7-3-2-4-8-17/h2-4,6-9,12,14H,5,10-11,13,15-16H2,1H3,(H,20,21). The lowest BCUT2D eigenvalue weighted by atomic mass is 10.00. The van der Waals surface area contributed by atoms with Gasteiger partial charge in [0, 0.05) is 45.6 Å². The van der Waals surface area contributed by atoms with Gasteiger partial charge in [-0.05, 0) is 30.0 Å². The minimum Gasteiger partial charge on any atom is -0.356 e. The fourth-order valence-corrected chi connectivity index (χ4v) is 2.98. The van der Waals surface area contributed by atoms with E-state index in [0.717, 1.165) is 45.0 Å². The van der Waals surface area contributed by atoms with Crippen molar-refractivity contribution in [1.29, 1.82) is 0 Å². The summed E-state index contributed by atoms with van der Waals surface area (Å²) in [5, 5.41) is 7.68. The monoisotopic (exact) mass is 323 g/mol. The summed E-state index contributed by atoms with van der Waals surface area (Å²) < 4.78 is 1.96. The first-order valence-electron chi connectivity index (χ1n) is 8.54. The van der Waals surface area contributed by atoms with Gasteiger partial charge < -0.3 is 10.2 Å². The van der Waals surface area contributed by atoms with E-state index in [1.807, 2.05) is 30.2 Å². The van der Waals surface area contributed by atoms with Crippen molar-refractivity contribution in [2.75, 3.05) is 26.7 Å². The number of hydrogen-bond acceptors (Lipinski definition) is 2.